The highest BCUT2D eigenvalue weighted by atomic mass is 16.5. The molecule has 0 saturated carbocycles. The van der Waals surface area contributed by atoms with Crippen molar-refractivity contribution in [1.29, 1.82) is 0 Å². The number of nitrogens with one attached hydrogen (secondary N) is 2. The van der Waals surface area contributed by atoms with Gasteiger partial charge in [-0.2, -0.15) is 0 Å². The third-order valence-electron chi connectivity index (χ3n) is 3.55. The molecular formula is C19H20N2O7. The van der Waals surface area contributed by atoms with E-state index in [0.717, 1.165) is 0 Å². The fourth-order valence-corrected chi connectivity index (χ4v) is 2.13. The van der Waals surface area contributed by atoms with E-state index >= 15 is 0 Å². The van der Waals surface area contributed by atoms with E-state index in [2.05, 4.69) is 15.4 Å². The minimum Gasteiger partial charge on any atom is -0.467 e. The lowest BCUT2D eigenvalue weighted by Crippen LogP contribution is -2.24. The Kier molecular flexibility index (Phi) is 7.77. The van der Waals surface area contributed by atoms with E-state index in [-0.39, 0.29) is 25.3 Å². The van der Waals surface area contributed by atoms with Gasteiger partial charge in [-0.15, -0.1) is 0 Å². The van der Waals surface area contributed by atoms with E-state index in [1.807, 2.05) is 0 Å². The fraction of sp³-hybridized carbons (Fsp3) is 0.263. The molecule has 0 spiro atoms. The maximum Gasteiger partial charge on any atom is 0.337 e. The van der Waals surface area contributed by atoms with Gasteiger partial charge in [0.15, 0.2) is 6.61 Å². The highest BCUT2D eigenvalue weighted by Gasteiger charge is 2.11. The molecule has 9 heteroatoms. The van der Waals surface area contributed by atoms with Gasteiger partial charge in [0.05, 0.1) is 31.9 Å². The van der Waals surface area contributed by atoms with Crippen molar-refractivity contribution in [3.63, 3.8) is 0 Å². The molecule has 2 amide bonds. The average Bonchev–Trinajstić information content (AvgIpc) is 3.22. The normalized spacial score (nSPS) is 10.0. The van der Waals surface area contributed by atoms with Crippen molar-refractivity contribution in [2.75, 3.05) is 19.0 Å². The van der Waals surface area contributed by atoms with Crippen LogP contribution in [0.15, 0.2) is 47.1 Å². The Morgan fingerprint density at radius 3 is 2.39 bits per heavy atom. The SMILES string of the molecule is COC(=O)c1ccc(NC(=O)COC(=O)CCC(=O)NCc2ccco2)cc1. The molecule has 0 atom stereocenters. The first kappa shape index (κ1) is 20.7. The van der Waals surface area contributed by atoms with Gasteiger partial charge in [-0.1, -0.05) is 0 Å². The first-order valence-corrected chi connectivity index (χ1v) is 8.41. The minimum atomic E-state index is -0.663. The van der Waals surface area contributed by atoms with Gasteiger partial charge in [0.1, 0.15) is 5.76 Å². The summed E-state index contributed by atoms with van der Waals surface area (Å²) in [6.07, 6.45) is 1.29. The second kappa shape index (κ2) is 10.5. The molecule has 2 N–H and O–H groups in total. The van der Waals surface area contributed by atoms with E-state index in [1.165, 1.54) is 37.6 Å². The number of esters is 2. The van der Waals surface area contributed by atoms with Crippen LogP contribution in [-0.2, 0) is 30.4 Å². The second-order valence-electron chi connectivity index (χ2n) is 5.63. The van der Waals surface area contributed by atoms with E-state index < -0.39 is 24.5 Å². The smallest absolute Gasteiger partial charge is 0.337 e. The first-order valence-electron chi connectivity index (χ1n) is 8.41. The van der Waals surface area contributed by atoms with Crippen LogP contribution in [0.1, 0.15) is 29.0 Å². The number of furan rings is 1. The third kappa shape index (κ3) is 6.94. The standard InChI is InChI=1S/C19H20N2O7/c1-26-19(25)13-4-6-14(7-5-13)21-17(23)12-28-18(24)9-8-16(22)20-11-15-3-2-10-27-15/h2-7,10H,8-9,11-12H2,1H3,(H,20,22)(H,21,23). The van der Waals surface area contributed by atoms with Crippen LogP contribution in [0, 0.1) is 0 Å². The number of rotatable bonds is 9. The lowest BCUT2D eigenvalue weighted by molar-refractivity contribution is -0.148. The molecule has 2 aromatic rings. The number of ether oxygens (including phenoxy) is 2. The summed E-state index contributed by atoms with van der Waals surface area (Å²) in [4.78, 5) is 46.4. The Morgan fingerprint density at radius 2 is 1.75 bits per heavy atom. The summed E-state index contributed by atoms with van der Waals surface area (Å²) in [5.41, 5.74) is 0.781. The van der Waals surface area contributed by atoms with E-state index in [1.54, 1.807) is 12.1 Å². The zero-order valence-electron chi connectivity index (χ0n) is 15.2. The van der Waals surface area contributed by atoms with Gasteiger partial charge in [0, 0.05) is 12.1 Å². The van der Waals surface area contributed by atoms with Crippen LogP contribution in [0.5, 0.6) is 0 Å². The molecule has 1 aromatic heterocycles. The van der Waals surface area contributed by atoms with Gasteiger partial charge in [-0.05, 0) is 36.4 Å². The number of carbonyl (C=O) groups excluding carboxylic acids is 4. The van der Waals surface area contributed by atoms with Crippen LogP contribution in [-0.4, -0.2) is 37.5 Å². The predicted octanol–water partition coefficient (Wildman–Crippen LogP) is 1.64. The van der Waals surface area contributed by atoms with E-state index in [9.17, 15) is 19.2 Å². The van der Waals surface area contributed by atoms with Crippen LogP contribution in [0.2, 0.25) is 0 Å². The molecule has 0 fully saturated rings. The summed E-state index contributed by atoms with van der Waals surface area (Å²) in [7, 11) is 1.27. The topological polar surface area (TPSA) is 124 Å². The molecule has 0 radical (unpaired) electrons. The summed E-state index contributed by atoms with van der Waals surface area (Å²) in [6.45, 7) is -0.246. The molecule has 148 valence electrons. The largest absolute Gasteiger partial charge is 0.467 e. The predicted molar refractivity (Wildman–Crippen MR) is 97.2 cm³/mol. The number of anilines is 1. The van der Waals surface area contributed by atoms with Crippen LogP contribution in [0.25, 0.3) is 0 Å². The molecule has 2 rings (SSSR count). The Bertz CT molecular complexity index is 813. The Labute approximate surface area is 161 Å². The number of hydrogen-bond donors (Lipinski definition) is 2. The Hall–Kier alpha value is -3.62. The van der Waals surface area contributed by atoms with Crippen molar-refractivity contribution in [2.45, 2.75) is 19.4 Å². The number of benzene rings is 1. The molecule has 0 saturated heterocycles. The average molecular weight is 388 g/mol. The van der Waals surface area contributed by atoms with Crippen molar-refractivity contribution >= 4 is 29.4 Å². The van der Waals surface area contributed by atoms with Crippen LogP contribution in [0.4, 0.5) is 5.69 Å². The second-order valence-corrected chi connectivity index (χ2v) is 5.63. The van der Waals surface area contributed by atoms with Crippen molar-refractivity contribution < 1.29 is 33.1 Å². The van der Waals surface area contributed by atoms with Crippen molar-refractivity contribution in [1.82, 2.24) is 5.32 Å². The van der Waals surface area contributed by atoms with E-state index in [4.69, 9.17) is 9.15 Å². The van der Waals surface area contributed by atoms with Crippen molar-refractivity contribution in [3.05, 3.63) is 54.0 Å². The molecular weight excluding hydrogens is 368 g/mol. The van der Waals surface area contributed by atoms with E-state index in [0.29, 0.717) is 17.0 Å². The Morgan fingerprint density at radius 1 is 1.00 bits per heavy atom. The zero-order valence-corrected chi connectivity index (χ0v) is 15.2. The van der Waals surface area contributed by atoms with Crippen LogP contribution >= 0.6 is 0 Å². The molecule has 1 heterocycles. The third-order valence-corrected chi connectivity index (χ3v) is 3.55. The van der Waals surface area contributed by atoms with Gasteiger partial charge in [0.25, 0.3) is 5.91 Å². The molecule has 0 unspecified atom stereocenters. The van der Waals surface area contributed by atoms with Gasteiger partial charge >= 0.3 is 11.9 Å². The van der Waals surface area contributed by atoms with Crippen LogP contribution in [0.3, 0.4) is 0 Å². The molecule has 0 aliphatic carbocycles. The zero-order chi connectivity index (χ0) is 20.4. The Balaban J connectivity index is 1.64. The molecule has 0 bridgehead atoms. The number of carbonyl (C=O) groups is 4. The summed E-state index contributed by atoms with van der Waals surface area (Å²) in [5.74, 6) is -1.42. The lowest BCUT2D eigenvalue weighted by atomic mass is 10.2. The quantitative estimate of drug-likeness (QED) is 0.626. The van der Waals surface area contributed by atoms with Crippen molar-refractivity contribution in [3.8, 4) is 0 Å². The van der Waals surface area contributed by atoms with Crippen molar-refractivity contribution in [2.24, 2.45) is 0 Å². The number of amides is 2. The van der Waals surface area contributed by atoms with Gasteiger partial charge in [0.2, 0.25) is 5.91 Å². The first-order chi connectivity index (χ1) is 13.5. The summed E-state index contributed by atoms with van der Waals surface area (Å²) in [6, 6.07) is 9.46. The monoisotopic (exact) mass is 388 g/mol. The molecule has 1 aromatic carbocycles. The molecule has 0 aliphatic heterocycles. The lowest BCUT2D eigenvalue weighted by Gasteiger charge is -2.07. The molecule has 0 aliphatic rings. The number of hydrogen-bond acceptors (Lipinski definition) is 7. The highest BCUT2D eigenvalue weighted by Crippen LogP contribution is 2.10. The fourth-order valence-electron chi connectivity index (χ4n) is 2.13. The van der Waals surface area contributed by atoms with Gasteiger partial charge in [-0.25, -0.2) is 4.79 Å². The summed E-state index contributed by atoms with van der Waals surface area (Å²) in [5, 5.41) is 5.13. The maximum absolute atomic E-state index is 11.8. The minimum absolute atomic E-state index is 0.0594. The summed E-state index contributed by atoms with van der Waals surface area (Å²) >= 11 is 0. The summed E-state index contributed by atoms with van der Waals surface area (Å²) < 4.78 is 14.5. The maximum atomic E-state index is 11.8. The molecule has 28 heavy (non-hydrogen) atoms. The van der Waals surface area contributed by atoms with Gasteiger partial charge in [-0.3, -0.25) is 14.4 Å². The van der Waals surface area contributed by atoms with Crippen LogP contribution < -0.4 is 10.6 Å². The number of methoxy groups -OCH3 is 1. The van der Waals surface area contributed by atoms with Gasteiger partial charge < -0.3 is 24.5 Å². The molecule has 9 nitrogen and oxygen atoms in total. The highest BCUT2D eigenvalue weighted by molar-refractivity contribution is 5.94.